The van der Waals surface area contributed by atoms with Crippen molar-refractivity contribution in [3.8, 4) is 0 Å². The Morgan fingerprint density at radius 2 is 2.00 bits per heavy atom. The second-order valence-corrected chi connectivity index (χ2v) is 4.97. The first-order chi connectivity index (χ1) is 10.3. The van der Waals surface area contributed by atoms with Crippen LogP contribution in [0.5, 0.6) is 0 Å². The lowest BCUT2D eigenvalue weighted by Crippen LogP contribution is -2.39. The fraction of sp³-hybridized carbons (Fsp3) is 0.562. The normalized spacial score (nSPS) is 12.4. The lowest BCUT2D eigenvalue weighted by Gasteiger charge is -2.12. The first-order valence-electron chi connectivity index (χ1n) is 7.51. The van der Waals surface area contributed by atoms with Crippen molar-refractivity contribution in [1.29, 1.82) is 0 Å². The fourth-order valence-corrected chi connectivity index (χ4v) is 1.65. The molecule has 0 aliphatic rings. The van der Waals surface area contributed by atoms with Gasteiger partial charge in [0.2, 0.25) is 0 Å². The summed E-state index contributed by atoms with van der Waals surface area (Å²) in [5, 5.41) is 15.4. The predicted octanol–water partition coefficient (Wildman–Crippen LogP) is 2.00. The van der Waals surface area contributed by atoms with Gasteiger partial charge in [-0.25, -0.2) is 0 Å². The van der Waals surface area contributed by atoms with Gasteiger partial charge in [0.05, 0.1) is 13.2 Å². The maximum absolute atomic E-state index is 9.00. The van der Waals surface area contributed by atoms with E-state index in [-0.39, 0.29) is 36.5 Å². The Balaban J connectivity index is 0.00000441. The molecule has 126 valence electrons. The van der Waals surface area contributed by atoms with E-state index in [1.54, 1.807) is 0 Å². The molecule has 5 nitrogen and oxygen atoms in total. The second kappa shape index (κ2) is 13.8. The molecular weight excluding hydrogens is 393 g/mol. The molecule has 0 aliphatic heterocycles. The first kappa shape index (κ1) is 21.1. The van der Waals surface area contributed by atoms with E-state index in [2.05, 4.69) is 27.8 Å². The van der Waals surface area contributed by atoms with Gasteiger partial charge in [-0.05, 0) is 18.4 Å². The predicted molar refractivity (Wildman–Crippen MR) is 102 cm³/mol. The van der Waals surface area contributed by atoms with Crippen molar-refractivity contribution >= 4 is 29.9 Å². The number of aliphatic hydroxyl groups excluding tert-OH is 1. The van der Waals surface area contributed by atoms with Gasteiger partial charge in [-0.15, -0.1) is 24.0 Å². The average Bonchev–Trinajstić information content (AvgIpc) is 2.52. The largest absolute Gasteiger partial charge is 0.396 e. The van der Waals surface area contributed by atoms with Crippen LogP contribution < -0.4 is 10.6 Å². The van der Waals surface area contributed by atoms with Crippen molar-refractivity contribution in [2.24, 2.45) is 10.9 Å². The van der Waals surface area contributed by atoms with Gasteiger partial charge in [0.25, 0.3) is 0 Å². The molecule has 0 fully saturated rings. The molecule has 0 saturated carbocycles. The molecule has 1 rings (SSSR count). The number of benzene rings is 1. The van der Waals surface area contributed by atoms with Crippen molar-refractivity contribution in [2.45, 2.75) is 20.5 Å². The lowest BCUT2D eigenvalue weighted by atomic mass is 10.2. The molecule has 0 amide bonds. The smallest absolute Gasteiger partial charge is 0.191 e. The number of nitrogens with one attached hydrogen (secondary N) is 2. The highest BCUT2D eigenvalue weighted by molar-refractivity contribution is 14.0. The van der Waals surface area contributed by atoms with Crippen LogP contribution in [0.2, 0.25) is 0 Å². The molecule has 0 heterocycles. The Labute approximate surface area is 150 Å². The summed E-state index contributed by atoms with van der Waals surface area (Å²) in [5.41, 5.74) is 1.18. The van der Waals surface area contributed by atoms with E-state index in [0.29, 0.717) is 26.3 Å². The van der Waals surface area contributed by atoms with Crippen molar-refractivity contribution in [1.82, 2.24) is 10.6 Å². The van der Waals surface area contributed by atoms with E-state index in [1.165, 1.54) is 5.56 Å². The summed E-state index contributed by atoms with van der Waals surface area (Å²) in [7, 11) is 0. The number of aliphatic hydroxyl groups is 1. The van der Waals surface area contributed by atoms with Gasteiger partial charge in [-0.1, -0.05) is 37.3 Å². The molecule has 0 radical (unpaired) electrons. The molecule has 0 saturated heterocycles. The standard InChI is InChI=1S/C16H27N3O2.HI/c1-3-17-16(19-11-14(2)12-20)18-9-10-21-13-15-7-5-4-6-8-15;/h4-8,14,20H,3,9-13H2,1-2H3,(H2,17,18,19);1H. The molecular formula is C16H28IN3O2. The number of ether oxygens (including phenoxy) is 1. The van der Waals surface area contributed by atoms with Gasteiger partial charge < -0.3 is 20.5 Å². The third-order valence-corrected chi connectivity index (χ3v) is 2.87. The Morgan fingerprint density at radius 1 is 1.27 bits per heavy atom. The van der Waals surface area contributed by atoms with Gasteiger partial charge >= 0.3 is 0 Å². The van der Waals surface area contributed by atoms with E-state index in [0.717, 1.165) is 12.5 Å². The summed E-state index contributed by atoms with van der Waals surface area (Å²) in [6, 6.07) is 10.1. The van der Waals surface area contributed by atoms with E-state index < -0.39 is 0 Å². The van der Waals surface area contributed by atoms with E-state index in [9.17, 15) is 0 Å². The van der Waals surface area contributed by atoms with Crippen LogP contribution in [-0.4, -0.2) is 43.9 Å². The van der Waals surface area contributed by atoms with Crippen LogP contribution in [0.25, 0.3) is 0 Å². The van der Waals surface area contributed by atoms with Gasteiger partial charge in [-0.3, -0.25) is 4.99 Å². The van der Waals surface area contributed by atoms with E-state index >= 15 is 0 Å². The number of guanidine groups is 1. The molecule has 1 aromatic rings. The zero-order valence-corrected chi connectivity index (χ0v) is 15.7. The fourth-order valence-electron chi connectivity index (χ4n) is 1.65. The van der Waals surface area contributed by atoms with Crippen LogP contribution in [0.4, 0.5) is 0 Å². The van der Waals surface area contributed by atoms with Gasteiger partial charge in [0.1, 0.15) is 0 Å². The Kier molecular flexibility index (Phi) is 13.2. The van der Waals surface area contributed by atoms with Crippen LogP contribution in [0.1, 0.15) is 19.4 Å². The molecule has 1 atom stereocenters. The Bertz CT molecular complexity index is 402. The lowest BCUT2D eigenvalue weighted by molar-refractivity contribution is 0.125. The third-order valence-electron chi connectivity index (χ3n) is 2.87. The summed E-state index contributed by atoms with van der Waals surface area (Å²) in [4.78, 5) is 4.42. The number of rotatable bonds is 9. The summed E-state index contributed by atoms with van der Waals surface area (Å²) in [5.74, 6) is 0.941. The second-order valence-electron chi connectivity index (χ2n) is 4.97. The Morgan fingerprint density at radius 3 is 2.64 bits per heavy atom. The van der Waals surface area contributed by atoms with Gasteiger partial charge in [0.15, 0.2) is 5.96 Å². The molecule has 0 aliphatic carbocycles. The zero-order chi connectivity index (χ0) is 15.3. The zero-order valence-electron chi connectivity index (χ0n) is 13.4. The minimum Gasteiger partial charge on any atom is -0.396 e. The summed E-state index contributed by atoms with van der Waals surface area (Å²) >= 11 is 0. The quantitative estimate of drug-likeness (QED) is 0.247. The maximum Gasteiger partial charge on any atom is 0.191 e. The minimum absolute atomic E-state index is 0. The maximum atomic E-state index is 9.00. The average molecular weight is 421 g/mol. The van der Waals surface area contributed by atoms with Crippen LogP contribution >= 0.6 is 24.0 Å². The molecule has 1 aromatic carbocycles. The van der Waals surface area contributed by atoms with Gasteiger partial charge in [-0.2, -0.15) is 0 Å². The molecule has 1 unspecified atom stereocenters. The third kappa shape index (κ3) is 9.97. The molecule has 3 N–H and O–H groups in total. The minimum atomic E-state index is 0. The highest BCUT2D eigenvalue weighted by Crippen LogP contribution is 1.99. The van der Waals surface area contributed by atoms with Crippen LogP contribution in [0.3, 0.4) is 0 Å². The van der Waals surface area contributed by atoms with Crippen LogP contribution in [-0.2, 0) is 11.3 Å². The van der Waals surface area contributed by atoms with E-state index in [4.69, 9.17) is 9.84 Å². The molecule has 0 bridgehead atoms. The summed E-state index contributed by atoms with van der Waals surface area (Å²) in [6.45, 7) is 7.51. The number of hydrogen-bond acceptors (Lipinski definition) is 3. The van der Waals surface area contributed by atoms with Crippen molar-refractivity contribution in [3.05, 3.63) is 35.9 Å². The number of nitrogens with zero attached hydrogens (tertiary/aromatic N) is 1. The number of hydrogen-bond donors (Lipinski definition) is 3. The summed E-state index contributed by atoms with van der Waals surface area (Å²) in [6.07, 6.45) is 0. The summed E-state index contributed by atoms with van der Waals surface area (Å²) < 4.78 is 5.61. The number of aliphatic imine (C=N–C) groups is 1. The van der Waals surface area contributed by atoms with Crippen LogP contribution in [0, 0.1) is 5.92 Å². The SMILES string of the molecule is CCNC(=NCC(C)CO)NCCOCc1ccccc1.I. The highest BCUT2D eigenvalue weighted by Gasteiger charge is 2.01. The number of halogens is 1. The van der Waals surface area contributed by atoms with Crippen molar-refractivity contribution in [3.63, 3.8) is 0 Å². The van der Waals surface area contributed by atoms with E-state index in [1.807, 2.05) is 32.0 Å². The molecule has 22 heavy (non-hydrogen) atoms. The van der Waals surface area contributed by atoms with Gasteiger partial charge in [0, 0.05) is 26.2 Å². The van der Waals surface area contributed by atoms with Crippen LogP contribution in [0.15, 0.2) is 35.3 Å². The van der Waals surface area contributed by atoms with Crippen molar-refractivity contribution in [2.75, 3.05) is 32.8 Å². The Hall–Kier alpha value is -0.860. The molecule has 6 heteroatoms. The molecule has 0 aromatic heterocycles. The highest BCUT2D eigenvalue weighted by atomic mass is 127. The monoisotopic (exact) mass is 421 g/mol. The first-order valence-corrected chi connectivity index (χ1v) is 7.51. The molecule has 0 spiro atoms. The van der Waals surface area contributed by atoms with Crippen molar-refractivity contribution < 1.29 is 9.84 Å². The topological polar surface area (TPSA) is 65.9 Å².